The largest absolute Gasteiger partial charge is 0.346 e. The van der Waals surface area contributed by atoms with Crippen molar-refractivity contribution in [3.05, 3.63) is 89.7 Å². The second-order valence-corrected chi connectivity index (χ2v) is 6.39. The van der Waals surface area contributed by atoms with Crippen molar-refractivity contribution in [2.24, 2.45) is 0 Å². The molecule has 1 N–H and O–H groups in total. The number of carbonyl (C=O) groups excluding carboxylic acids is 2. The molecule has 0 aliphatic carbocycles. The zero-order valence-corrected chi connectivity index (χ0v) is 15.0. The average Bonchev–Trinajstić information content (AvgIpc) is 3.15. The fraction of sp³-hybridized carbons (Fsp3) is 0.182. The van der Waals surface area contributed by atoms with Gasteiger partial charge in [-0.25, -0.2) is 0 Å². The molecule has 0 radical (unpaired) electrons. The van der Waals surface area contributed by atoms with Crippen LogP contribution in [0.2, 0.25) is 0 Å². The van der Waals surface area contributed by atoms with E-state index in [0.29, 0.717) is 17.7 Å². The van der Waals surface area contributed by atoms with E-state index in [1.54, 1.807) is 24.3 Å². The molecule has 4 heteroatoms. The molecule has 1 amide bonds. The fourth-order valence-corrected chi connectivity index (χ4v) is 3.10. The van der Waals surface area contributed by atoms with Crippen molar-refractivity contribution in [2.75, 3.05) is 5.32 Å². The van der Waals surface area contributed by atoms with Crippen molar-refractivity contribution in [3.63, 3.8) is 0 Å². The lowest BCUT2D eigenvalue weighted by Gasteiger charge is -2.21. The molecule has 132 valence electrons. The van der Waals surface area contributed by atoms with Crippen molar-refractivity contribution >= 4 is 17.4 Å². The molecule has 0 bridgehead atoms. The highest BCUT2D eigenvalue weighted by atomic mass is 16.1. The molecular weight excluding hydrogens is 324 g/mol. The van der Waals surface area contributed by atoms with Crippen LogP contribution in [-0.4, -0.2) is 16.3 Å². The van der Waals surface area contributed by atoms with Crippen LogP contribution in [0, 0.1) is 6.92 Å². The molecular formula is C22H22N2O2. The average molecular weight is 346 g/mol. The monoisotopic (exact) mass is 346 g/mol. The van der Waals surface area contributed by atoms with Crippen molar-refractivity contribution in [2.45, 2.75) is 26.3 Å². The quantitative estimate of drug-likeness (QED) is 0.662. The summed E-state index contributed by atoms with van der Waals surface area (Å²) in [6.45, 7) is 3.57. The maximum Gasteiger partial charge on any atom is 0.226 e. The molecule has 3 aromatic rings. The van der Waals surface area contributed by atoms with Gasteiger partial charge in [-0.1, -0.05) is 36.4 Å². The van der Waals surface area contributed by atoms with E-state index in [0.717, 1.165) is 11.1 Å². The van der Waals surface area contributed by atoms with Gasteiger partial charge in [-0.2, -0.15) is 0 Å². The summed E-state index contributed by atoms with van der Waals surface area (Å²) < 4.78 is 2.05. The predicted molar refractivity (Wildman–Crippen MR) is 103 cm³/mol. The second-order valence-electron chi connectivity index (χ2n) is 6.39. The van der Waals surface area contributed by atoms with Crippen LogP contribution in [-0.2, 0) is 4.79 Å². The first-order valence-electron chi connectivity index (χ1n) is 8.63. The molecule has 26 heavy (non-hydrogen) atoms. The minimum absolute atomic E-state index is 0.0220. The highest BCUT2D eigenvalue weighted by Gasteiger charge is 2.19. The maximum absolute atomic E-state index is 12.7. The molecule has 3 rings (SSSR count). The zero-order chi connectivity index (χ0) is 18.5. The first-order valence-corrected chi connectivity index (χ1v) is 8.63. The van der Waals surface area contributed by atoms with Gasteiger partial charge in [0, 0.05) is 23.6 Å². The predicted octanol–water partition coefficient (Wildman–Crippen LogP) is 4.62. The Morgan fingerprint density at radius 2 is 1.73 bits per heavy atom. The highest BCUT2D eigenvalue weighted by molar-refractivity contribution is 5.97. The zero-order valence-electron chi connectivity index (χ0n) is 15.0. The molecule has 4 nitrogen and oxygen atoms in total. The van der Waals surface area contributed by atoms with Gasteiger partial charge in [0.2, 0.25) is 5.91 Å². The fourth-order valence-electron chi connectivity index (χ4n) is 3.10. The molecule has 0 fully saturated rings. The summed E-state index contributed by atoms with van der Waals surface area (Å²) in [6, 6.07) is 19.0. The van der Waals surface area contributed by atoms with Crippen LogP contribution < -0.4 is 5.32 Å². The lowest BCUT2D eigenvalue weighted by molar-refractivity contribution is -0.116. The van der Waals surface area contributed by atoms with Crippen LogP contribution in [0.25, 0.3) is 0 Å². The number of nitrogens with zero attached hydrogens (tertiary/aromatic N) is 1. The number of rotatable bonds is 6. The number of carbonyl (C=O) groups is 2. The Morgan fingerprint density at radius 1 is 1.00 bits per heavy atom. The molecule has 0 spiro atoms. The van der Waals surface area contributed by atoms with E-state index in [1.165, 1.54) is 6.92 Å². The molecule has 0 saturated heterocycles. The number of benzene rings is 2. The van der Waals surface area contributed by atoms with Gasteiger partial charge in [-0.05, 0) is 49.2 Å². The lowest BCUT2D eigenvalue weighted by Crippen LogP contribution is -2.20. The Labute approximate surface area is 153 Å². The Hall–Kier alpha value is -3.14. The van der Waals surface area contributed by atoms with E-state index < -0.39 is 0 Å². The normalized spacial score (nSPS) is 11.8. The van der Waals surface area contributed by atoms with Crippen LogP contribution >= 0.6 is 0 Å². The van der Waals surface area contributed by atoms with Crippen molar-refractivity contribution in [1.82, 2.24) is 4.57 Å². The first-order chi connectivity index (χ1) is 12.5. The third-order valence-electron chi connectivity index (χ3n) is 4.47. The van der Waals surface area contributed by atoms with Gasteiger partial charge in [-0.15, -0.1) is 0 Å². The minimum atomic E-state index is -0.0901. The third-order valence-corrected chi connectivity index (χ3v) is 4.47. The molecule has 0 saturated carbocycles. The van der Waals surface area contributed by atoms with Gasteiger partial charge >= 0.3 is 0 Å². The van der Waals surface area contributed by atoms with Gasteiger partial charge < -0.3 is 9.88 Å². The van der Waals surface area contributed by atoms with Crippen molar-refractivity contribution < 1.29 is 9.59 Å². The van der Waals surface area contributed by atoms with Crippen molar-refractivity contribution in [3.8, 4) is 0 Å². The Kier molecular flexibility index (Phi) is 5.32. The van der Waals surface area contributed by atoms with Gasteiger partial charge in [0.15, 0.2) is 5.78 Å². The van der Waals surface area contributed by atoms with Crippen LogP contribution in [0.4, 0.5) is 5.69 Å². The van der Waals surface area contributed by atoms with Gasteiger partial charge in [-0.3, -0.25) is 9.59 Å². The summed E-state index contributed by atoms with van der Waals surface area (Å²) in [5.74, 6) is -0.112. The number of hydrogen-bond acceptors (Lipinski definition) is 2. The summed E-state index contributed by atoms with van der Waals surface area (Å²) in [5, 5.41) is 2.91. The highest BCUT2D eigenvalue weighted by Crippen LogP contribution is 2.26. The molecule has 1 aromatic heterocycles. The van der Waals surface area contributed by atoms with E-state index in [9.17, 15) is 9.59 Å². The number of amides is 1. The maximum atomic E-state index is 12.7. The lowest BCUT2D eigenvalue weighted by atomic mass is 9.98. The third kappa shape index (κ3) is 4.09. The number of aryl methyl sites for hydroxylation is 1. The van der Waals surface area contributed by atoms with E-state index in [4.69, 9.17) is 0 Å². The Morgan fingerprint density at radius 3 is 2.42 bits per heavy atom. The molecule has 0 aliphatic rings. The Bertz CT molecular complexity index is 913. The summed E-state index contributed by atoms with van der Waals surface area (Å²) >= 11 is 0. The van der Waals surface area contributed by atoms with Gasteiger partial charge in [0.25, 0.3) is 0 Å². The number of Topliss-reactive ketones (excluding diaryl/α,β-unsaturated/α-hetero) is 1. The SMILES string of the molecule is CC(=O)c1cccc(NC(=O)CC(c2ccccc2C)n2cccc2)c1. The number of nitrogens with one attached hydrogen (secondary N) is 1. The standard InChI is InChI=1S/C22H22N2O2/c1-16-8-3-4-11-20(16)21(24-12-5-6-13-24)15-22(26)23-19-10-7-9-18(14-19)17(2)25/h3-14,21H,15H2,1-2H3,(H,23,26). The smallest absolute Gasteiger partial charge is 0.226 e. The van der Waals surface area contributed by atoms with Crippen LogP contribution in [0.15, 0.2) is 73.1 Å². The number of aromatic nitrogens is 1. The first kappa shape index (κ1) is 17.7. The van der Waals surface area contributed by atoms with Gasteiger partial charge in [0.05, 0.1) is 12.5 Å². The van der Waals surface area contributed by atoms with Gasteiger partial charge in [0.1, 0.15) is 0 Å². The molecule has 1 unspecified atom stereocenters. The molecule has 1 heterocycles. The molecule has 0 aliphatic heterocycles. The van der Waals surface area contributed by atoms with Crippen LogP contribution in [0.3, 0.4) is 0 Å². The van der Waals surface area contributed by atoms with E-state index in [-0.39, 0.29) is 17.7 Å². The number of anilines is 1. The van der Waals surface area contributed by atoms with E-state index >= 15 is 0 Å². The topological polar surface area (TPSA) is 51.1 Å². The molecule has 2 aromatic carbocycles. The summed E-state index contributed by atoms with van der Waals surface area (Å²) in [4.78, 5) is 24.2. The molecule has 1 atom stereocenters. The van der Waals surface area contributed by atoms with Crippen LogP contribution in [0.1, 0.15) is 40.9 Å². The van der Waals surface area contributed by atoms with Crippen LogP contribution in [0.5, 0.6) is 0 Å². The van der Waals surface area contributed by atoms with E-state index in [1.807, 2.05) is 41.2 Å². The number of hydrogen-bond donors (Lipinski definition) is 1. The number of ketones is 1. The summed E-state index contributed by atoms with van der Waals surface area (Å²) in [5.41, 5.74) is 3.50. The van der Waals surface area contributed by atoms with Crippen molar-refractivity contribution in [1.29, 1.82) is 0 Å². The Balaban J connectivity index is 1.81. The summed E-state index contributed by atoms with van der Waals surface area (Å²) in [7, 11) is 0. The summed E-state index contributed by atoms with van der Waals surface area (Å²) in [6.07, 6.45) is 4.26. The van der Waals surface area contributed by atoms with E-state index in [2.05, 4.69) is 24.4 Å². The minimum Gasteiger partial charge on any atom is -0.346 e. The second kappa shape index (κ2) is 7.83.